The van der Waals surface area contributed by atoms with Gasteiger partial charge in [-0.25, -0.2) is 18.6 Å². The maximum atomic E-state index is 12.5. The predicted molar refractivity (Wildman–Crippen MR) is 82.8 cm³/mol. The third-order valence-corrected chi connectivity index (χ3v) is 5.07. The monoisotopic (exact) mass is 338 g/mol. The summed E-state index contributed by atoms with van der Waals surface area (Å²) in [6, 6.07) is 4.49. The molecule has 1 fully saturated rings. The lowest BCUT2D eigenvalue weighted by Gasteiger charge is -2.24. The second-order valence-corrected chi connectivity index (χ2v) is 7.41. The number of nitrogens with zero attached hydrogens (tertiary/aromatic N) is 2. The van der Waals surface area contributed by atoms with Crippen LogP contribution in [0.25, 0.3) is 0 Å². The summed E-state index contributed by atoms with van der Waals surface area (Å²) in [5.74, 6) is -0.230. The van der Waals surface area contributed by atoms with Crippen molar-refractivity contribution in [3.05, 3.63) is 23.8 Å². The molecule has 23 heavy (non-hydrogen) atoms. The molecule has 0 spiro atoms. The van der Waals surface area contributed by atoms with Gasteiger partial charge < -0.3 is 4.90 Å². The largest absolute Gasteiger partial charge is 0.311 e. The minimum Gasteiger partial charge on any atom is -0.311 e. The molecule has 1 atom stereocenters. The quantitative estimate of drug-likeness (QED) is 0.760. The highest BCUT2D eigenvalue weighted by atomic mass is 32.2. The summed E-state index contributed by atoms with van der Waals surface area (Å²) in [4.78, 5) is 25.5. The summed E-state index contributed by atoms with van der Waals surface area (Å²) in [6.07, 6.45) is 0.952. The first-order valence-electron chi connectivity index (χ1n) is 7.28. The average Bonchev–Trinajstić information content (AvgIpc) is 3.00. The molecule has 0 aliphatic carbocycles. The zero-order chi connectivity index (χ0) is 16.8. The van der Waals surface area contributed by atoms with E-state index in [0.29, 0.717) is 25.1 Å². The fraction of sp³-hybridized carbons (Fsp3) is 0.429. The van der Waals surface area contributed by atoms with Crippen molar-refractivity contribution in [3.63, 3.8) is 0 Å². The zero-order valence-electron chi connectivity index (χ0n) is 12.7. The molecule has 0 unspecified atom stereocenters. The van der Waals surface area contributed by atoms with Gasteiger partial charge in [0.25, 0.3) is 0 Å². The number of amides is 2. The summed E-state index contributed by atoms with van der Waals surface area (Å²) in [5.41, 5.74) is 4.14. The van der Waals surface area contributed by atoms with Crippen LogP contribution >= 0.6 is 0 Å². The highest BCUT2D eigenvalue weighted by Crippen LogP contribution is 2.30. The maximum Gasteiger partial charge on any atom is 0.243 e. The average molecular weight is 338 g/mol. The van der Waals surface area contributed by atoms with Crippen molar-refractivity contribution < 1.29 is 18.0 Å². The van der Waals surface area contributed by atoms with Gasteiger partial charge in [0.2, 0.25) is 21.8 Å². The van der Waals surface area contributed by atoms with Gasteiger partial charge in [-0.1, -0.05) is 0 Å². The van der Waals surface area contributed by atoms with E-state index in [9.17, 15) is 18.0 Å². The standard InChI is InChI=1S/C14H18N4O4S/c1-9-6-13(19)16-18(9)8-14(20)17-5-4-10-7-11(23(15,21)22)2-3-12(10)17/h2-3,7,9H,4-6,8H2,1H3,(H,16,19)(H2,15,21,22)/t9-/m0/s1. The molecule has 124 valence electrons. The Morgan fingerprint density at radius 1 is 1.43 bits per heavy atom. The number of nitrogens with one attached hydrogen (secondary N) is 1. The highest BCUT2D eigenvalue weighted by Gasteiger charge is 2.32. The highest BCUT2D eigenvalue weighted by molar-refractivity contribution is 7.89. The summed E-state index contributed by atoms with van der Waals surface area (Å²) in [5, 5.41) is 6.75. The van der Waals surface area contributed by atoms with Gasteiger partial charge in [0.15, 0.2) is 0 Å². The molecule has 1 aromatic carbocycles. The number of carbonyl (C=O) groups excluding carboxylic acids is 2. The molecule has 2 amide bonds. The number of primary sulfonamides is 1. The van der Waals surface area contributed by atoms with Crippen LogP contribution in [0.5, 0.6) is 0 Å². The molecule has 8 nitrogen and oxygen atoms in total. The van der Waals surface area contributed by atoms with E-state index in [1.807, 2.05) is 6.92 Å². The normalized spacial score (nSPS) is 21.4. The van der Waals surface area contributed by atoms with Crippen LogP contribution < -0.4 is 15.5 Å². The van der Waals surface area contributed by atoms with Crippen LogP contribution in [0.15, 0.2) is 23.1 Å². The van der Waals surface area contributed by atoms with E-state index in [-0.39, 0.29) is 29.3 Å². The van der Waals surface area contributed by atoms with E-state index in [1.165, 1.54) is 12.1 Å². The molecule has 3 N–H and O–H groups in total. The Hall–Kier alpha value is -1.97. The Morgan fingerprint density at radius 2 is 2.17 bits per heavy atom. The fourth-order valence-corrected chi connectivity index (χ4v) is 3.50. The zero-order valence-corrected chi connectivity index (χ0v) is 13.5. The molecule has 0 saturated carbocycles. The summed E-state index contributed by atoms with van der Waals surface area (Å²) in [7, 11) is -3.75. The first kappa shape index (κ1) is 15.9. The fourth-order valence-electron chi connectivity index (χ4n) is 2.94. The molecular weight excluding hydrogens is 320 g/mol. The Labute approximate surface area is 134 Å². The minimum absolute atomic E-state index is 0.0294. The molecule has 2 aliphatic rings. The second-order valence-electron chi connectivity index (χ2n) is 5.85. The Morgan fingerprint density at radius 3 is 2.78 bits per heavy atom. The van der Waals surface area contributed by atoms with E-state index in [0.717, 1.165) is 5.56 Å². The van der Waals surface area contributed by atoms with Gasteiger partial charge >= 0.3 is 0 Å². The van der Waals surface area contributed by atoms with E-state index in [2.05, 4.69) is 5.43 Å². The number of fused-ring (bicyclic) bond motifs is 1. The molecule has 3 rings (SSSR count). The Bertz CT molecular complexity index is 777. The van der Waals surface area contributed by atoms with Crippen LogP contribution in [0.3, 0.4) is 0 Å². The van der Waals surface area contributed by atoms with Gasteiger partial charge in [0, 0.05) is 24.7 Å². The van der Waals surface area contributed by atoms with Crippen molar-refractivity contribution in [2.75, 3.05) is 18.0 Å². The second kappa shape index (κ2) is 5.59. The van der Waals surface area contributed by atoms with Gasteiger partial charge in [0.1, 0.15) is 0 Å². The van der Waals surface area contributed by atoms with Gasteiger partial charge in [-0.3, -0.25) is 15.0 Å². The number of anilines is 1. The SMILES string of the molecule is C[C@H]1CC(=O)NN1CC(=O)N1CCc2cc(S(N)(=O)=O)ccc21. The molecular formula is C14H18N4O4S. The topological polar surface area (TPSA) is 113 Å². The molecule has 0 bridgehead atoms. The van der Waals surface area contributed by atoms with E-state index in [1.54, 1.807) is 16.0 Å². The van der Waals surface area contributed by atoms with Gasteiger partial charge in [-0.05, 0) is 37.1 Å². The van der Waals surface area contributed by atoms with Crippen molar-refractivity contribution in [3.8, 4) is 0 Å². The van der Waals surface area contributed by atoms with Gasteiger partial charge in [-0.2, -0.15) is 0 Å². The third kappa shape index (κ3) is 3.07. The first-order valence-corrected chi connectivity index (χ1v) is 8.82. The number of nitrogens with two attached hydrogens (primary N) is 1. The van der Waals surface area contributed by atoms with Crippen molar-refractivity contribution in [2.24, 2.45) is 5.14 Å². The first-order chi connectivity index (χ1) is 10.8. The van der Waals surface area contributed by atoms with Crippen LogP contribution in [-0.4, -0.2) is 44.4 Å². The minimum atomic E-state index is -3.75. The lowest BCUT2D eigenvalue weighted by molar-refractivity contribution is -0.123. The molecule has 1 aromatic rings. The lowest BCUT2D eigenvalue weighted by Crippen LogP contribution is -2.45. The molecule has 9 heteroatoms. The smallest absolute Gasteiger partial charge is 0.243 e. The van der Waals surface area contributed by atoms with Crippen LogP contribution in [0.4, 0.5) is 5.69 Å². The number of hydrazine groups is 1. The third-order valence-electron chi connectivity index (χ3n) is 4.16. The van der Waals surface area contributed by atoms with E-state index >= 15 is 0 Å². The number of sulfonamides is 1. The number of benzene rings is 1. The lowest BCUT2D eigenvalue weighted by atomic mass is 10.2. The van der Waals surface area contributed by atoms with Gasteiger partial charge in [0.05, 0.1) is 11.4 Å². The van der Waals surface area contributed by atoms with Crippen molar-refractivity contribution in [1.29, 1.82) is 0 Å². The molecule has 2 aliphatic heterocycles. The van der Waals surface area contributed by atoms with E-state index in [4.69, 9.17) is 5.14 Å². The number of carbonyl (C=O) groups is 2. The number of rotatable bonds is 3. The molecule has 2 heterocycles. The van der Waals surface area contributed by atoms with Gasteiger partial charge in [-0.15, -0.1) is 0 Å². The number of hydrogen-bond acceptors (Lipinski definition) is 5. The number of hydrogen-bond donors (Lipinski definition) is 2. The Kier molecular flexibility index (Phi) is 3.86. The Balaban J connectivity index is 1.77. The van der Waals surface area contributed by atoms with Crippen LogP contribution in [0, 0.1) is 0 Å². The molecule has 0 aromatic heterocycles. The maximum absolute atomic E-state index is 12.5. The van der Waals surface area contributed by atoms with E-state index < -0.39 is 10.0 Å². The van der Waals surface area contributed by atoms with Crippen LogP contribution in [-0.2, 0) is 26.0 Å². The van der Waals surface area contributed by atoms with Crippen LogP contribution in [0.1, 0.15) is 18.9 Å². The van der Waals surface area contributed by atoms with Crippen LogP contribution in [0.2, 0.25) is 0 Å². The summed E-state index contributed by atoms with van der Waals surface area (Å²) in [6.45, 7) is 2.45. The summed E-state index contributed by atoms with van der Waals surface area (Å²) < 4.78 is 22.8. The van der Waals surface area contributed by atoms with Crippen molar-refractivity contribution in [1.82, 2.24) is 10.4 Å². The molecule has 1 saturated heterocycles. The van der Waals surface area contributed by atoms with Crippen molar-refractivity contribution in [2.45, 2.75) is 30.7 Å². The molecule has 0 radical (unpaired) electrons. The van der Waals surface area contributed by atoms with Crippen molar-refractivity contribution >= 4 is 27.5 Å². The summed E-state index contributed by atoms with van der Waals surface area (Å²) >= 11 is 0. The predicted octanol–water partition coefficient (Wildman–Crippen LogP) is -0.651.